The van der Waals surface area contributed by atoms with E-state index < -0.39 is 5.97 Å². The van der Waals surface area contributed by atoms with E-state index in [1.165, 1.54) is 0 Å². The molecule has 2 aromatic rings. The molecule has 0 radical (unpaired) electrons. The zero-order valence-corrected chi connectivity index (χ0v) is 14.6. The molecule has 5 nitrogen and oxygen atoms in total. The lowest BCUT2D eigenvalue weighted by molar-refractivity contribution is -0.148. The molecule has 0 spiro atoms. The van der Waals surface area contributed by atoms with Crippen molar-refractivity contribution in [2.24, 2.45) is 0 Å². The Kier molecular flexibility index (Phi) is 6.39. The van der Waals surface area contributed by atoms with Crippen molar-refractivity contribution in [3.05, 3.63) is 60.2 Å². The van der Waals surface area contributed by atoms with Crippen LogP contribution in [0.25, 0.3) is 11.1 Å². The first kappa shape index (κ1) is 18.1. The van der Waals surface area contributed by atoms with Gasteiger partial charge in [-0.25, -0.2) is 0 Å². The predicted molar refractivity (Wildman–Crippen MR) is 98.5 cm³/mol. The van der Waals surface area contributed by atoms with Gasteiger partial charge in [0.05, 0.1) is 12.5 Å². The lowest BCUT2D eigenvalue weighted by Crippen LogP contribution is -2.35. The Morgan fingerprint density at radius 1 is 1.04 bits per heavy atom. The van der Waals surface area contributed by atoms with Crippen molar-refractivity contribution in [1.29, 1.82) is 0 Å². The smallest absolute Gasteiger partial charge is 0.310 e. The number of nitrogens with one attached hydrogen (secondary N) is 1. The number of hydrogen-bond donors (Lipinski definition) is 1. The van der Waals surface area contributed by atoms with E-state index >= 15 is 0 Å². The highest BCUT2D eigenvalue weighted by atomic mass is 16.5. The van der Waals surface area contributed by atoms with Gasteiger partial charge >= 0.3 is 5.97 Å². The molecule has 0 bridgehead atoms. The lowest BCUT2D eigenvalue weighted by atomic mass is 10.0. The van der Waals surface area contributed by atoms with Crippen LogP contribution in [0.2, 0.25) is 0 Å². The van der Waals surface area contributed by atoms with Crippen LogP contribution in [0.3, 0.4) is 0 Å². The molecule has 1 amide bonds. The molecule has 0 saturated carbocycles. The van der Waals surface area contributed by atoms with Crippen LogP contribution in [0.5, 0.6) is 0 Å². The molecular weight excluding hydrogens is 330 g/mol. The normalized spacial score (nSPS) is 16.2. The van der Waals surface area contributed by atoms with Gasteiger partial charge in [-0.05, 0) is 29.5 Å². The minimum atomic E-state index is -0.412. The fourth-order valence-corrected chi connectivity index (χ4v) is 2.89. The van der Waals surface area contributed by atoms with Crippen LogP contribution in [-0.4, -0.2) is 37.7 Å². The third-order valence-electron chi connectivity index (χ3n) is 4.32. The highest BCUT2D eigenvalue weighted by Gasteiger charge is 2.16. The zero-order chi connectivity index (χ0) is 18.2. The van der Waals surface area contributed by atoms with E-state index in [2.05, 4.69) is 5.32 Å². The number of rotatable bonds is 7. The maximum absolute atomic E-state index is 11.9. The van der Waals surface area contributed by atoms with Crippen LogP contribution in [-0.2, 0) is 25.5 Å². The number of carbonyl (C=O) groups excluding carboxylic acids is 2. The van der Waals surface area contributed by atoms with Gasteiger partial charge in [0.1, 0.15) is 0 Å². The van der Waals surface area contributed by atoms with E-state index in [-0.39, 0.29) is 25.0 Å². The fraction of sp³-hybridized carbons (Fsp3) is 0.333. The Labute approximate surface area is 153 Å². The largest absolute Gasteiger partial charge is 0.455 e. The van der Waals surface area contributed by atoms with Crippen molar-refractivity contribution >= 4 is 11.9 Å². The molecule has 1 saturated heterocycles. The first-order valence-corrected chi connectivity index (χ1v) is 8.89. The van der Waals surface area contributed by atoms with Gasteiger partial charge in [-0.15, -0.1) is 0 Å². The summed E-state index contributed by atoms with van der Waals surface area (Å²) in [4.78, 5) is 23.6. The van der Waals surface area contributed by atoms with E-state index in [4.69, 9.17) is 9.47 Å². The molecule has 2 aromatic carbocycles. The standard InChI is InChI=1S/C21H23NO4/c23-20(22-14-19-7-4-12-25-19)15-26-21(24)13-16-8-10-18(11-9-16)17-5-2-1-3-6-17/h1-3,5-6,8-11,19H,4,7,12-15H2,(H,22,23)/t19-/m0/s1. The van der Waals surface area contributed by atoms with Crippen molar-refractivity contribution in [3.63, 3.8) is 0 Å². The Morgan fingerprint density at radius 3 is 2.46 bits per heavy atom. The fourth-order valence-electron chi connectivity index (χ4n) is 2.89. The summed E-state index contributed by atoms with van der Waals surface area (Å²) in [6, 6.07) is 17.8. The highest BCUT2D eigenvalue weighted by molar-refractivity contribution is 5.81. The van der Waals surface area contributed by atoms with Gasteiger partial charge in [0.2, 0.25) is 0 Å². The van der Waals surface area contributed by atoms with Gasteiger partial charge in [-0.2, -0.15) is 0 Å². The first-order chi connectivity index (χ1) is 12.7. The van der Waals surface area contributed by atoms with Crippen LogP contribution in [0.1, 0.15) is 18.4 Å². The minimum absolute atomic E-state index is 0.0813. The third kappa shape index (κ3) is 5.43. The summed E-state index contributed by atoms with van der Waals surface area (Å²) in [5.74, 6) is -0.710. The summed E-state index contributed by atoms with van der Waals surface area (Å²) >= 11 is 0. The van der Waals surface area contributed by atoms with Gasteiger partial charge in [0.25, 0.3) is 5.91 Å². The van der Waals surface area contributed by atoms with Crippen LogP contribution < -0.4 is 5.32 Å². The van der Waals surface area contributed by atoms with Crippen molar-refractivity contribution in [2.75, 3.05) is 19.8 Å². The molecule has 0 aromatic heterocycles. The molecule has 1 N–H and O–H groups in total. The van der Waals surface area contributed by atoms with Crippen LogP contribution >= 0.6 is 0 Å². The van der Waals surface area contributed by atoms with Crippen LogP contribution in [0, 0.1) is 0 Å². The summed E-state index contributed by atoms with van der Waals surface area (Å²) in [7, 11) is 0. The topological polar surface area (TPSA) is 64.6 Å². The highest BCUT2D eigenvalue weighted by Crippen LogP contribution is 2.19. The van der Waals surface area contributed by atoms with Gasteiger partial charge in [0.15, 0.2) is 6.61 Å². The molecule has 1 heterocycles. The van der Waals surface area contributed by atoms with Gasteiger partial charge < -0.3 is 14.8 Å². The number of amides is 1. The third-order valence-corrected chi connectivity index (χ3v) is 4.32. The Bertz CT molecular complexity index is 721. The van der Waals surface area contributed by atoms with Gasteiger partial charge in [-0.1, -0.05) is 54.6 Å². The molecule has 3 rings (SSSR count). The van der Waals surface area contributed by atoms with E-state index in [9.17, 15) is 9.59 Å². The summed E-state index contributed by atoms with van der Waals surface area (Å²) in [5, 5.41) is 2.73. The van der Waals surface area contributed by atoms with Gasteiger partial charge in [0, 0.05) is 13.2 Å². The van der Waals surface area contributed by atoms with Crippen molar-refractivity contribution in [2.45, 2.75) is 25.4 Å². The number of esters is 1. The first-order valence-electron chi connectivity index (χ1n) is 8.89. The quantitative estimate of drug-likeness (QED) is 0.778. The van der Waals surface area contributed by atoms with Crippen molar-refractivity contribution in [3.8, 4) is 11.1 Å². The maximum atomic E-state index is 11.9. The Hall–Kier alpha value is -2.66. The molecule has 1 atom stereocenters. The second-order valence-electron chi connectivity index (χ2n) is 6.34. The molecule has 5 heteroatoms. The monoisotopic (exact) mass is 353 g/mol. The van der Waals surface area contributed by atoms with E-state index in [1.807, 2.05) is 54.6 Å². The predicted octanol–water partition coefficient (Wildman–Crippen LogP) is 2.73. The number of benzene rings is 2. The SMILES string of the molecule is O=C(COC(=O)Cc1ccc(-c2ccccc2)cc1)NC[C@@H]1CCCO1. The van der Waals surface area contributed by atoms with E-state index in [0.717, 1.165) is 36.1 Å². The second-order valence-corrected chi connectivity index (χ2v) is 6.34. The Morgan fingerprint density at radius 2 is 1.77 bits per heavy atom. The van der Waals surface area contributed by atoms with Crippen molar-refractivity contribution in [1.82, 2.24) is 5.32 Å². The number of hydrogen-bond acceptors (Lipinski definition) is 4. The second kappa shape index (κ2) is 9.15. The molecular formula is C21H23NO4. The minimum Gasteiger partial charge on any atom is -0.455 e. The molecule has 136 valence electrons. The molecule has 1 aliphatic heterocycles. The van der Waals surface area contributed by atoms with E-state index in [0.29, 0.717) is 6.54 Å². The van der Waals surface area contributed by atoms with Gasteiger partial charge in [-0.3, -0.25) is 9.59 Å². The molecule has 1 aliphatic rings. The summed E-state index contributed by atoms with van der Waals surface area (Å²) in [5.41, 5.74) is 3.08. The summed E-state index contributed by atoms with van der Waals surface area (Å²) in [6.07, 6.45) is 2.21. The lowest BCUT2D eigenvalue weighted by Gasteiger charge is -2.11. The van der Waals surface area contributed by atoms with Crippen molar-refractivity contribution < 1.29 is 19.1 Å². The molecule has 1 fully saturated rings. The average Bonchev–Trinajstić information content (AvgIpc) is 3.20. The molecule has 0 unspecified atom stereocenters. The number of ether oxygens (including phenoxy) is 2. The maximum Gasteiger partial charge on any atom is 0.310 e. The van der Waals surface area contributed by atoms with Crippen LogP contribution in [0.4, 0.5) is 0 Å². The summed E-state index contributed by atoms with van der Waals surface area (Å²) < 4.78 is 10.5. The molecule has 0 aliphatic carbocycles. The Balaban J connectivity index is 1.40. The number of carbonyl (C=O) groups is 2. The van der Waals surface area contributed by atoms with Crippen LogP contribution in [0.15, 0.2) is 54.6 Å². The van der Waals surface area contributed by atoms with E-state index in [1.54, 1.807) is 0 Å². The molecule has 26 heavy (non-hydrogen) atoms. The average molecular weight is 353 g/mol. The zero-order valence-electron chi connectivity index (χ0n) is 14.6. The summed E-state index contributed by atoms with van der Waals surface area (Å²) in [6.45, 7) is 0.962.